The molecule has 0 saturated heterocycles. The first-order valence-electron chi connectivity index (χ1n) is 9.56. The Bertz CT molecular complexity index is 971. The molecule has 7 nitrogen and oxygen atoms in total. The standard InChI is InChI=1S/C22H25N3O4/c1-4-29-21(27)13-25-19-11-14(2)5-8-18(19)24(10-9-20(25)26)22(28)16-6-7-17(23)15(3)12-16/h5-8,11-12H,4,9-10,13,23H2,1-3H3. The Morgan fingerprint density at radius 2 is 1.86 bits per heavy atom. The van der Waals surface area contributed by atoms with Gasteiger partial charge in [-0.1, -0.05) is 6.07 Å². The molecule has 3 rings (SSSR count). The highest BCUT2D eigenvalue weighted by molar-refractivity contribution is 6.12. The number of nitrogens with zero attached hydrogens (tertiary/aromatic N) is 2. The first-order valence-corrected chi connectivity index (χ1v) is 9.56. The van der Waals surface area contributed by atoms with Crippen molar-refractivity contribution in [2.24, 2.45) is 0 Å². The Kier molecular flexibility index (Phi) is 5.87. The van der Waals surface area contributed by atoms with Crippen LogP contribution in [0.2, 0.25) is 0 Å². The molecule has 7 heteroatoms. The summed E-state index contributed by atoms with van der Waals surface area (Å²) in [6.07, 6.45) is 0.104. The van der Waals surface area contributed by atoms with E-state index in [0.717, 1.165) is 11.1 Å². The number of anilines is 3. The Labute approximate surface area is 170 Å². The summed E-state index contributed by atoms with van der Waals surface area (Å²) in [6.45, 7) is 5.73. The molecule has 1 aliphatic rings. The van der Waals surface area contributed by atoms with E-state index in [4.69, 9.17) is 10.5 Å². The monoisotopic (exact) mass is 395 g/mol. The van der Waals surface area contributed by atoms with Crippen LogP contribution in [0.3, 0.4) is 0 Å². The van der Waals surface area contributed by atoms with Crippen LogP contribution in [0.25, 0.3) is 0 Å². The number of aryl methyl sites for hydroxylation is 2. The molecule has 2 N–H and O–H groups in total. The van der Waals surface area contributed by atoms with Gasteiger partial charge in [0, 0.05) is 24.2 Å². The Morgan fingerprint density at radius 1 is 1.10 bits per heavy atom. The van der Waals surface area contributed by atoms with Gasteiger partial charge in [-0.3, -0.25) is 19.3 Å². The van der Waals surface area contributed by atoms with Crippen LogP contribution in [-0.2, 0) is 14.3 Å². The van der Waals surface area contributed by atoms with Crippen LogP contribution in [0.5, 0.6) is 0 Å². The number of amides is 2. The summed E-state index contributed by atoms with van der Waals surface area (Å²) >= 11 is 0. The van der Waals surface area contributed by atoms with Gasteiger partial charge in [0.25, 0.3) is 5.91 Å². The molecule has 29 heavy (non-hydrogen) atoms. The van der Waals surface area contributed by atoms with Gasteiger partial charge in [0.1, 0.15) is 6.54 Å². The summed E-state index contributed by atoms with van der Waals surface area (Å²) in [5.74, 6) is -0.931. The van der Waals surface area contributed by atoms with Crippen LogP contribution in [0.15, 0.2) is 36.4 Å². The van der Waals surface area contributed by atoms with Crippen LogP contribution in [0, 0.1) is 13.8 Å². The molecular weight excluding hydrogens is 370 g/mol. The Balaban J connectivity index is 2.03. The van der Waals surface area contributed by atoms with Crippen molar-refractivity contribution in [1.29, 1.82) is 0 Å². The fraction of sp³-hybridized carbons (Fsp3) is 0.318. The van der Waals surface area contributed by atoms with Crippen molar-refractivity contribution in [3.8, 4) is 0 Å². The lowest BCUT2D eigenvalue weighted by atomic mass is 10.1. The van der Waals surface area contributed by atoms with E-state index in [1.54, 1.807) is 30.0 Å². The topological polar surface area (TPSA) is 92.9 Å². The van der Waals surface area contributed by atoms with E-state index in [1.165, 1.54) is 4.90 Å². The van der Waals surface area contributed by atoms with Gasteiger partial charge in [-0.2, -0.15) is 0 Å². The highest BCUT2D eigenvalue weighted by atomic mass is 16.5. The van der Waals surface area contributed by atoms with Gasteiger partial charge < -0.3 is 15.4 Å². The SMILES string of the molecule is CCOC(=O)CN1C(=O)CCN(C(=O)c2ccc(N)c(C)c2)c2ccc(C)cc21. The summed E-state index contributed by atoms with van der Waals surface area (Å²) in [5.41, 5.74) is 9.83. The Morgan fingerprint density at radius 3 is 2.55 bits per heavy atom. The summed E-state index contributed by atoms with van der Waals surface area (Å²) in [5, 5.41) is 0. The van der Waals surface area contributed by atoms with E-state index in [2.05, 4.69) is 0 Å². The number of carbonyl (C=O) groups excluding carboxylic acids is 3. The molecule has 0 unspecified atom stereocenters. The molecular formula is C22H25N3O4. The zero-order valence-corrected chi connectivity index (χ0v) is 16.9. The maximum atomic E-state index is 13.3. The maximum Gasteiger partial charge on any atom is 0.326 e. The van der Waals surface area contributed by atoms with Gasteiger partial charge in [0.05, 0.1) is 18.0 Å². The lowest BCUT2D eigenvalue weighted by molar-refractivity contribution is -0.142. The predicted molar refractivity (Wildman–Crippen MR) is 112 cm³/mol. The van der Waals surface area contributed by atoms with Crippen LogP contribution in [0.1, 0.15) is 34.8 Å². The maximum absolute atomic E-state index is 13.3. The number of hydrogen-bond acceptors (Lipinski definition) is 5. The zero-order chi connectivity index (χ0) is 21.1. The molecule has 2 aromatic rings. The van der Waals surface area contributed by atoms with Gasteiger partial charge in [0.2, 0.25) is 5.91 Å². The molecule has 1 aliphatic heterocycles. The third-order valence-corrected chi connectivity index (χ3v) is 4.92. The van der Waals surface area contributed by atoms with Crippen molar-refractivity contribution < 1.29 is 19.1 Å². The number of carbonyl (C=O) groups is 3. The van der Waals surface area contributed by atoms with Crippen LogP contribution in [0.4, 0.5) is 17.1 Å². The first-order chi connectivity index (χ1) is 13.8. The second-order valence-corrected chi connectivity index (χ2v) is 7.06. The number of ether oxygens (including phenoxy) is 1. The predicted octanol–water partition coefficient (Wildman–Crippen LogP) is 2.83. The molecule has 0 aliphatic carbocycles. The van der Waals surface area contributed by atoms with E-state index in [1.807, 2.05) is 32.0 Å². The molecule has 0 bridgehead atoms. The van der Waals surface area contributed by atoms with Gasteiger partial charge in [-0.25, -0.2) is 0 Å². The number of esters is 1. The minimum atomic E-state index is -0.484. The van der Waals surface area contributed by atoms with E-state index in [-0.39, 0.29) is 37.9 Å². The van der Waals surface area contributed by atoms with E-state index >= 15 is 0 Å². The summed E-state index contributed by atoms with van der Waals surface area (Å²) in [4.78, 5) is 41.1. The largest absolute Gasteiger partial charge is 0.465 e. The average molecular weight is 395 g/mol. The molecule has 0 spiro atoms. The molecule has 0 radical (unpaired) electrons. The van der Waals surface area contributed by atoms with Gasteiger partial charge in [0.15, 0.2) is 0 Å². The normalized spacial score (nSPS) is 13.7. The van der Waals surface area contributed by atoms with Crippen LogP contribution >= 0.6 is 0 Å². The van der Waals surface area contributed by atoms with Gasteiger partial charge in [-0.15, -0.1) is 0 Å². The molecule has 1 heterocycles. The lowest BCUT2D eigenvalue weighted by Crippen LogP contribution is -2.36. The minimum Gasteiger partial charge on any atom is -0.465 e. The number of nitrogen functional groups attached to an aromatic ring is 1. The lowest BCUT2D eigenvalue weighted by Gasteiger charge is -2.26. The third-order valence-electron chi connectivity index (χ3n) is 4.92. The van der Waals surface area contributed by atoms with Gasteiger partial charge >= 0.3 is 5.97 Å². The number of benzene rings is 2. The summed E-state index contributed by atoms with van der Waals surface area (Å²) < 4.78 is 5.02. The molecule has 0 aromatic heterocycles. The van der Waals surface area contributed by atoms with E-state index in [0.29, 0.717) is 22.6 Å². The number of fused-ring (bicyclic) bond motifs is 1. The molecule has 0 fully saturated rings. The van der Waals surface area contributed by atoms with Crippen molar-refractivity contribution in [3.05, 3.63) is 53.1 Å². The van der Waals surface area contributed by atoms with Gasteiger partial charge in [-0.05, 0) is 62.2 Å². The second kappa shape index (κ2) is 8.34. The number of nitrogens with two attached hydrogens (primary N) is 1. The quantitative estimate of drug-likeness (QED) is 0.635. The highest BCUT2D eigenvalue weighted by Crippen LogP contribution is 2.35. The minimum absolute atomic E-state index is 0.104. The highest BCUT2D eigenvalue weighted by Gasteiger charge is 2.31. The zero-order valence-electron chi connectivity index (χ0n) is 16.9. The molecule has 2 amide bonds. The van der Waals surface area contributed by atoms with Crippen molar-refractivity contribution >= 4 is 34.8 Å². The first kappa shape index (κ1) is 20.4. The van der Waals surface area contributed by atoms with Crippen molar-refractivity contribution in [2.75, 3.05) is 35.2 Å². The van der Waals surface area contributed by atoms with Crippen LogP contribution in [-0.4, -0.2) is 37.5 Å². The smallest absolute Gasteiger partial charge is 0.326 e. The van der Waals surface area contributed by atoms with Crippen molar-refractivity contribution in [1.82, 2.24) is 0 Å². The second-order valence-electron chi connectivity index (χ2n) is 7.06. The molecule has 2 aromatic carbocycles. The van der Waals surface area contributed by atoms with E-state index in [9.17, 15) is 14.4 Å². The van der Waals surface area contributed by atoms with Crippen molar-refractivity contribution in [2.45, 2.75) is 27.2 Å². The summed E-state index contributed by atoms with van der Waals surface area (Å²) in [6, 6.07) is 10.6. The average Bonchev–Trinajstić information content (AvgIpc) is 2.81. The molecule has 152 valence electrons. The van der Waals surface area contributed by atoms with Crippen LogP contribution < -0.4 is 15.5 Å². The fourth-order valence-electron chi connectivity index (χ4n) is 3.36. The van der Waals surface area contributed by atoms with E-state index < -0.39 is 5.97 Å². The van der Waals surface area contributed by atoms with Crippen molar-refractivity contribution in [3.63, 3.8) is 0 Å². The molecule has 0 saturated carbocycles. The summed E-state index contributed by atoms with van der Waals surface area (Å²) in [7, 11) is 0. The number of hydrogen-bond donors (Lipinski definition) is 1. The number of rotatable bonds is 4. The molecule has 0 atom stereocenters. The third kappa shape index (κ3) is 4.23. The fourth-order valence-corrected chi connectivity index (χ4v) is 3.36. The Hall–Kier alpha value is -3.35.